The fraction of sp³-hybridized carbons (Fsp3) is 0. The van der Waals surface area contributed by atoms with Crippen LogP contribution >= 0.6 is 0 Å². The van der Waals surface area contributed by atoms with Crippen molar-refractivity contribution in [2.24, 2.45) is 5.84 Å². The van der Waals surface area contributed by atoms with E-state index in [-0.39, 0.29) is 5.23 Å². The van der Waals surface area contributed by atoms with Crippen LogP contribution in [0.4, 0.5) is 0 Å². The molecule has 0 aromatic carbocycles. The van der Waals surface area contributed by atoms with E-state index in [2.05, 4.69) is 5.84 Å². The fourth-order valence-electron chi connectivity index (χ4n) is 0.259. The molecular formula is H6N8O4-2. The molecule has 0 amide bonds. The summed E-state index contributed by atoms with van der Waals surface area (Å²) < 4.78 is 0. The second kappa shape index (κ2) is 5.52. The Morgan fingerprint density at radius 1 is 1.33 bits per heavy atom. The summed E-state index contributed by atoms with van der Waals surface area (Å²) in [5.41, 5.74) is 6.26. The zero-order chi connectivity index (χ0) is 9.56. The third-order valence-electron chi connectivity index (χ3n) is 0.581. The monoisotopic (exact) mass is 182 g/mol. The molecule has 0 aliphatic heterocycles. The van der Waals surface area contributed by atoms with Crippen molar-refractivity contribution in [3.8, 4) is 0 Å². The van der Waals surface area contributed by atoms with Crippen LogP contribution in [0.2, 0.25) is 0 Å². The lowest BCUT2D eigenvalue weighted by Crippen LogP contribution is -2.64. The van der Waals surface area contributed by atoms with Gasteiger partial charge in [-0.05, 0) is 0 Å². The third-order valence-corrected chi connectivity index (χ3v) is 0.581. The van der Waals surface area contributed by atoms with E-state index in [0.29, 0.717) is 0 Å². The quantitative estimate of drug-likeness (QED) is 0.157. The van der Waals surface area contributed by atoms with Gasteiger partial charge in [-0.3, -0.25) is 5.84 Å². The number of nitro groups is 1. The van der Waals surface area contributed by atoms with Crippen molar-refractivity contribution in [1.29, 1.82) is 0 Å². The molecule has 72 valence electrons. The summed E-state index contributed by atoms with van der Waals surface area (Å²) in [5, 5.41) is 27.5. The van der Waals surface area contributed by atoms with E-state index in [0.717, 1.165) is 0 Å². The SMILES string of the molecule is NNNN(NN[N+](=O)[O-])N([O-])[O-]. The maximum atomic E-state index is 9.95. The molecule has 0 aliphatic rings. The Balaban J connectivity index is 3.70. The Morgan fingerprint density at radius 3 is 2.25 bits per heavy atom. The maximum absolute atomic E-state index is 9.95. The number of nitrogens with one attached hydrogen (secondary N) is 4. The first-order chi connectivity index (χ1) is 5.57. The molecule has 0 radical (unpaired) electrons. The normalized spacial score (nSPS) is 10.8. The molecule has 6 N–H and O–H groups in total. The van der Waals surface area contributed by atoms with Crippen molar-refractivity contribution in [1.82, 2.24) is 32.7 Å². The summed E-state index contributed by atoms with van der Waals surface area (Å²) in [5.74, 6) is 4.63. The van der Waals surface area contributed by atoms with Crippen molar-refractivity contribution in [3.05, 3.63) is 20.5 Å². The van der Waals surface area contributed by atoms with Crippen molar-refractivity contribution < 1.29 is 5.03 Å². The second-order valence-corrected chi connectivity index (χ2v) is 1.29. The number of hydrazine groups is 7. The second-order valence-electron chi connectivity index (χ2n) is 1.29. The highest BCUT2D eigenvalue weighted by molar-refractivity contribution is 4.43. The summed E-state index contributed by atoms with van der Waals surface area (Å²) in [6.45, 7) is 0. The van der Waals surface area contributed by atoms with Gasteiger partial charge < -0.3 is 15.8 Å². The fourth-order valence-corrected chi connectivity index (χ4v) is 0.259. The highest BCUT2D eigenvalue weighted by atomic mass is 16.9. The number of hydrogen-bond donors (Lipinski definition) is 5. The van der Waals surface area contributed by atoms with Gasteiger partial charge in [-0.1, -0.05) is 16.3 Å². The molecule has 0 saturated carbocycles. The van der Waals surface area contributed by atoms with Gasteiger partial charge in [0.25, 0.3) is 0 Å². The average Bonchev–Trinajstić information content (AvgIpc) is 1.96. The number of nitrogens with two attached hydrogens (primary N) is 1. The summed E-state index contributed by atoms with van der Waals surface area (Å²) in [4.78, 5) is 9.63. The van der Waals surface area contributed by atoms with Crippen molar-refractivity contribution in [2.75, 3.05) is 0 Å². The molecule has 0 fully saturated rings. The standard InChI is InChI=1S/H6N8O4/c1-2-3-6(8(11)12)4-5-7(9)10/h2-5H,1H2/q-2. The van der Waals surface area contributed by atoms with Crippen LogP contribution in [0.15, 0.2) is 0 Å². The van der Waals surface area contributed by atoms with Crippen LogP contribution in [-0.2, 0) is 0 Å². The molecule has 0 heterocycles. The number of nitrogens with zero attached hydrogens (tertiary/aromatic N) is 3. The highest BCUT2D eigenvalue weighted by Gasteiger charge is 1.99. The van der Waals surface area contributed by atoms with E-state index in [4.69, 9.17) is 0 Å². The van der Waals surface area contributed by atoms with E-state index in [1.165, 1.54) is 5.53 Å². The summed E-state index contributed by atoms with van der Waals surface area (Å²) in [6.07, 6.45) is 0. The van der Waals surface area contributed by atoms with Gasteiger partial charge >= 0.3 is 0 Å². The van der Waals surface area contributed by atoms with Gasteiger partial charge in [0.05, 0.1) is 0 Å². The first-order valence-electron chi connectivity index (χ1n) is 2.39. The Labute approximate surface area is 65.4 Å². The van der Waals surface area contributed by atoms with E-state index in [1.807, 2.05) is 0 Å². The predicted molar refractivity (Wildman–Crippen MR) is 34.1 cm³/mol. The van der Waals surface area contributed by atoms with Gasteiger partial charge in [0.1, 0.15) is 0 Å². The predicted octanol–water partition coefficient (Wildman–Crippen LogP) is -3.42. The lowest BCUT2D eigenvalue weighted by molar-refractivity contribution is -0.565. The highest BCUT2D eigenvalue weighted by Crippen LogP contribution is 1.78. The van der Waals surface area contributed by atoms with Crippen molar-refractivity contribution >= 4 is 0 Å². The largest absolute Gasteiger partial charge is 0.781 e. The third kappa shape index (κ3) is 4.66. The molecule has 0 rings (SSSR count). The van der Waals surface area contributed by atoms with Crippen LogP contribution in [0.5, 0.6) is 0 Å². The molecule has 0 spiro atoms. The van der Waals surface area contributed by atoms with E-state index < -0.39 is 10.4 Å². The smallest absolute Gasteiger partial charge is 0.175 e. The molecule has 0 aromatic rings. The molecular weight excluding hydrogens is 176 g/mol. The molecule has 0 aromatic heterocycles. The minimum Gasteiger partial charge on any atom is -0.781 e. The van der Waals surface area contributed by atoms with Gasteiger partial charge in [0.15, 0.2) is 5.03 Å². The Morgan fingerprint density at radius 2 is 1.92 bits per heavy atom. The molecule has 12 heavy (non-hydrogen) atoms. The summed E-state index contributed by atoms with van der Waals surface area (Å²) in [6, 6.07) is 0. The van der Waals surface area contributed by atoms with Crippen LogP contribution in [0.3, 0.4) is 0 Å². The van der Waals surface area contributed by atoms with Crippen LogP contribution in [0.25, 0.3) is 0 Å². The molecule has 0 aliphatic carbocycles. The Kier molecular flexibility index (Phi) is 5.00. The lowest BCUT2D eigenvalue weighted by atomic mass is 11.9. The number of hydrogen-bond acceptors (Lipinski definition) is 10. The molecule has 0 saturated heterocycles. The summed E-state index contributed by atoms with van der Waals surface area (Å²) in [7, 11) is 0. The average molecular weight is 182 g/mol. The van der Waals surface area contributed by atoms with Crippen LogP contribution < -0.4 is 28.0 Å². The molecule has 0 atom stereocenters. The van der Waals surface area contributed by atoms with Crippen molar-refractivity contribution in [3.63, 3.8) is 0 Å². The molecule has 12 nitrogen and oxygen atoms in total. The van der Waals surface area contributed by atoms with Gasteiger partial charge in [-0.25, -0.2) is 10.1 Å². The Bertz CT molecular complexity index is 133. The first-order valence-corrected chi connectivity index (χ1v) is 2.39. The van der Waals surface area contributed by atoms with Crippen molar-refractivity contribution in [2.45, 2.75) is 0 Å². The minimum absolute atomic E-state index is 0.00278. The molecule has 0 unspecified atom stereocenters. The van der Waals surface area contributed by atoms with Crippen LogP contribution in [0.1, 0.15) is 0 Å². The summed E-state index contributed by atoms with van der Waals surface area (Å²) >= 11 is 0. The Hall–Kier alpha value is -1.12. The zero-order valence-electron chi connectivity index (χ0n) is 5.55. The topological polar surface area (TPSA) is 170 Å². The van der Waals surface area contributed by atoms with E-state index in [9.17, 15) is 20.5 Å². The van der Waals surface area contributed by atoms with Gasteiger partial charge in [0.2, 0.25) is 0 Å². The maximum Gasteiger partial charge on any atom is 0.175 e. The number of rotatable bonds is 6. The van der Waals surface area contributed by atoms with Crippen LogP contribution in [0, 0.1) is 20.5 Å². The van der Waals surface area contributed by atoms with Crippen LogP contribution in [-0.4, -0.2) is 15.6 Å². The first kappa shape index (κ1) is 10.9. The van der Waals surface area contributed by atoms with Gasteiger partial charge in [-0.15, -0.1) is 5.53 Å². The van der Waals surface area contributed by atoms with Gasteiger partial charge in [-0.2, -0.15) is 5.53 Å². The minimum atomic E-state index is -1.03. The van der Waals surface area contributed by atoms with E-state index in [1.54, 1.807) is 16.6 Å². The molecule has 12 heteroatoms. The zero-order valence-corrected chi connectivity index (χ0v) is 5.55. The van der Waals surface area contributed by atoms with E-state index >= 15 is 0 Å². The lowest BCUT2D eigenvalue weighted by Gasteiger charge is -2.43. The molecule has 0 bridgehead atoms. The van der Waals surface area contributed by atoms with Gasteiger partial charge in [0, 0.05) is 0 Å².